The summed E-state index contributed by atoms with van der Waals surface area (Å²) in [7, 11) is 0. The smallest absolute Gasteiger partial charge is 0.338 e. The maximum absolute atomic E-state index is 11.8. The van der Waals surface area contributed by atoms with E-state index in [1.165, 1.54) is 16.9 Å². The number of allylic oxidation sites excluding steroid dienone is 1. The van der Waals surface area contributed by atoms with Gasteiger partial charge in [-0.2, -0.15) is 5.26 Å². The average Bonchev–Trinajstić information content (AvgIpc) is 3.36. The van der Waals surface area contributed by atoms with Crippen LogP contribution in [0.5, 0.6) is 0 Å². The molecule has 1 heterocycles. The SMILES string of the molecule is CCOC(=O)c1ccc(N/C=C(/C#N)c2nc(-c3ccc(-c4ccccc4)cc3)cs2)cc1. The quantitative estimate of drug-likeness (QED) is 0.252. The van der Waals surface area contributed by atoms with Crippen molar-refractivity contribution in [3.63, 3.8) is 0 Å². The molecule has 0 aliphatic rings. The molecule has 0 amide bonds. The first kappa shape index (κ1) is 22.0. The van der Waals surface area contributed by atoms with Crippen LogP contribution < -0.4 is 5.32 Å². The van der Waals surface area contributed by atoms with Crippen molar-refractivity contribution in [1.29, 1.82) is 5.26 Å². The van der Waals surface area contributed by atoms with Gasteiger partial charge in [0.15, 0.2) is 0 Å². The number of rotatable bonds is 7. The van der Waals surface area contributed by atoms with Gasteiger partial charge in [-0.3, -0.25) is 0 Å². The van der Waals surface area contributed by atoms with Crippen LogP contribution in [0.3, 0.4) is 0 Å². The molecule has 0 radical (unpaired) electrons. The van der Waals surface area contributed by atoms with Gasteiger partial charge < -0.3 is 10.1 Å². The van der Waals surface area contributed by atoms with Crippen LogP contribution >= 0.6 is 11.3 Å². The Bertz CT molecular complexity index is 1300. The topological polar surface area (TPSA) is 75.0 Å². The van der Waals surface area contributed by atoms with E-state index in [9.17, 15) is 10.1 Å². The minimum Gasteiger partial charge on any atom is -0.462 e. The number of carbonyl (C=O) groups excluding carboxylic acids is 1. The number of nitrogens with one attached hydrogen (secondary N) is 1. The molecule has 4 rings (SSSR count). The van der Waals surface area contributed by atoms with Crippen molar-refractivity contribution >= 4 is 28.6 Å². The molecule has 162 valence electrons. The summed E-state index contributed by atoms with van der Waals surface area (Å²) in [6.07, 6.45) is 1.63. The van der Waals surface area contributed by atoms with E-state index >= 15 is 0 Å². The molecule has 5 nitrogen and oxygen atoms in total. The molecule has 0 unspecified atom stereocenters. The van der Waals surface area contributed by atoms with Gasteiger partial charge in [0.05, 0.1) is 17.9 Å². The fourth-order valence-corrected chi connectivity index (χ4v) is 4.00. The van der Waals surface area contributed by atoms with Gasteiger partial charge in [0, 0.05) is 22.8 Å². The zero-order chi connectivity index (χ0) is 23.0. The Morgan fingerprint density at radius 3 is 2.33 bits per heavy atom. The van der Waals surface area contributed by atoms with Crippen LogP contribution in [0.4, 0.5) is 5.69 Å². The fraction of sp³-hybridized carbons (Fsp3) is 0.0741. The third kappa shape index (κ3) is 5.35. The third-order valence-electron chi connectivity index (χ3n) is 4.92. The van der Waals surface area contributed by atoms with Crippen molar-refractivity contribution < 1.29 is 9.53 Å². The summed E-state index contributed by atoms with van der Waals surface area (Å²) in [4.78, 5) is 16.4. The van der Waals surface area contributed by atoms with Crippen molar-refractivity contribution in [2.24, 2.45) is 0 Å². The summed E-state index contributed by atoms with van der Waals surface area (Å²) in [5.41, 5.74) is 5.80. The molecule has 0 fully saturated rings. The van der Waals surface area contributed by atoms with Gasteiger partial charge in [-0.25, -0.2) is 9.78 Å². The minimum atomic E-state index is -0.357. The standard InChI is InChI=1S/C27H21N3O2S/c1-2-32-27(31)22-12-14-24(15-13-22)29-17-23(16-28)26-30-25(18-33-26)21-10-8-20(9-11-21)19-6-4-3-5-7-19/h3-15,17-18,29H,2H2,1H3/b23-17-. The van der Waals surface area contributed by atoms with Crippen LogP contribution in [0.2, 0.25) is 0 Å². The summed E-state index contributed by atoms with van der Waals surface area (Å²) < 4.78 is 4.99. The van der Waals surface area contributed by atoms with E-state index in [0.717, 1.165) is 22.5 Å². The Labute approximate surface area is 196 Å². The van der Waals surface area contributed by atoms with E-state index in [-0.39, 0.29) is 5.97 Å². The van der Waals surface area contributed by atoms with Crippen LogP contribution in [0.1, 0.15) is 22.3 Å². The molecule has 33 heavy (non-hydrogen) atoms. The van der Waals surface area contributed by atoms with Crippen LogP contribution in [-0.2, 0) is 4.74 Å². The van der Waals surface area contributed by atoms with Gasteiger partial charge in [0.1, 0.15) is 16.6 Å². The summed E-state index contributed by atoms with van der Waals surface area (Å²) >= 11 is 1.42. The molecule has 1 N–H and O–H groups in total. The lowest BCUT2D eigenvalue weighted by Crippen LogP contribution is -2.04. The van der Waals surface area contributed by atoms with E-state index in [4.69, 9.17) is 4.74 Å². The molecule has 0 atom stereocenters. The van der Waals surface area contributed by atoms with Crippen molar-refractivity contribution in [3.8, 4) is 28.5 Å². The number of nitriles is 1. The molecule has 0 saturated heterocycles. The van der Waals surface area contributed by atoms with E-state index in [1.54, 1.807) is 37.4 Å². The lowest BCUT2D eigenvalue weighted by molar-refractivity contribution is 0.0526. The monoisotopic (exact) mass is 451 g/mol. The Kier molecular flexibility index (Phi) is 6.93. The highest BCUT2D eigenvalue weighted by atomic mass is 32.1. The van der Waals surface area contributed by atoms with Gasteiger partial charge >= 0.3 is 5.97 Å². The highest BCUT2D eigenvalue weighted by Crippen LogP contribution is 2.28. The normalized spacial score (nSPS) is 11.0. The van der Waals surface area contributed by atoms with Crippen LogP contribution in [0.25, 0.3) is 28.0 Å². The molecular weight excluding hydrogens is 430 g/mol. The van der Waals surface area contributed by atoms with E-state index in [0.29, 0.717) is 22.8 Å². The predicted octanol–water partition coefficient (Wildman–Crippen LogP) is 6.63. The minimum absolute atomic E-state index is 0.333. The van der Waals surface area contributed by atoms with Crippen molar-refractivity contribution in [2.45, 2.75) is 6.92 Å². The Balaban J connectivity index is 1.47. The molecule has 0 aliphatic heterocycles. The highest BCUT2D eigenvalue weighted by Gasteiger charge is 2.10. The predicted molar refractivity (Wildman–Crippen MR) is 133 cm³/mol. The first-order valence-electron chi connectivity index (χ1n) is 10.4. The number of hydrogen-bond acceptors (Lipinski definition) is 6. The number of ether oxygens (including phenoxy) is 1. The average molecular weight is 452 g/mol. The van der Waals surface area contributed by atoms with Gasteiger partial charge in [-0.1, -0.05) is 54.6 Å². The zero-order valence-corrected chi connectivity index (χ0v) is 18.8. The maximum Gasteiger partial charge on any atom is 0.338 e. The summed E-state index contributed by atoms with van der Waals surface area (Å²) in [5, 5.41) is 15.3. The van der Waals surface area contributed by atoms with Gasteiger partial charge in [-0.05, 0) is 42.3 Å². The lowest BCUT2D eigenvalue weighted by Gasteiger charge is -2.04. The lowest BCUT2D eigenvalue weighted by atomic mass is 10.0. The van der Waals surface area contributed by atoms with Crippen LogP contribution in [0.15, 0.2) is 90.4 Å². The Hall–Kier alpha value is -4.21. The van der Waals surface area contributed by atoms with Gasteiger partial charge in [0.25, 0.3) is 0 Å². The first-order chi connectivity index (χ1) is 16.2. The number of nitrogens with zero attached hydrogens (tertiary/aromatic N) is 2. The molecule has 0 aliphatic carbocycles. The fourth-order valence-electron chi connectivity index (χ4n) is 3.21. The second-order valence-corrected chi connectivity index (χ2v) is 7.95. The third-order valence-corrected chi connectivity index (χ3v) is 5.80. The van der Waals surface area contributed by atoms with Crippen molar-refractivity contribution in [1.82, 2.24) is 4.98 Å². The largest absolute Gasteiger partial charge is 0.462 e. The van der Waals surface area contributed by atoms with Gasteiger partial charge in [-0.15, -0.1) is 11.3 Å². The molecule has 0 spiro atoms. The summed E-state index contributed by atoms with van der Waals surface area (Å²) in [6.45, 7) is 2.10. The van der Waals surface area contributed by atoms with Crippen molar-refractivity contribution in [2.75, 3.05) is 11.9 Å². The number of benzene rings is 3. The Morgan fingerprint density at radius 1 is 1.00 bits per heavy atom. The van der Waals surface area contributed by atoms with Crippen LogP contribution in [-0.4, -0.2) is 17.6 Å². The molecule has 1 aromatic heterocycles. The van der Waals surface area contributed by atoms with E-state index in [1.807, 2.05) is 35.7 Å². The van der Waals surface area contributed by atoms with E-state index in [2.05, 4.69) is 40.6 Å². The number of hydrogen-bond donors (Lipinski definition) is 1. The zero-order valence-electron chi connectivity index (χ0n) is 18.0. The maximum atomic E-state index is 11.8. The molecular formula is C27H21N3O2S. The molecule has 0 bridgehead atoms. The second-order valence-electron chi connectivity index (χ2n) is 7.09. The first-order valence-corrected chi connectivity index (χ1v) is 11.3. The van der Waals surface area contributed by atoms with E-state index < -0.39 is 0 Å². The number of carbonyl (C=O) groups is 1. The summed E-state index contributed by atoms with van der Waals surface area (Å²) in [6, 6.07) is 27.5. The number of aromatic nitrogens is 1. The number of anilines is 1. The molecule has 0 saturated carbocycles. The molecule has 4 aromatic rings. The number of esters is 1. The second kappa shape index (κ2) is 10.4. The van der Waals surface area contributed by atoms with Crippen LogP contribution in [0, 0.1) is 11.3 Å². The Morgan fingerprint density at radius 2 is 1.67 bits per heavy atom. The molecule has 3 aromatic carbocycles. The highest BCUT2D eigenvalue weighted by molar-refractivity contribution is 7.11. The summed E-state index contributed by atoms with van der Waals surface area (Å²) in [5.74, 6) is -0.357. The molecule has 6 heteroatoms. The van der Waals surface area contributed by atoms with Gasteiger partial charge in [0.2, 0.25) is 0 Å². The number of thiazole rings is 1. The van der Waals surface area contributed by atoms with Crippen molar-refractivity contribution in [3.05, 3.63) is 101 Å².